The number of imide groups is 1. The molecule has 0 spiro atoms. The molecule has 6 heterocycles. The van der Waals surface area contributed by atoms with Gasteiger partial charge in [0, 0.05) is 87.0 Å². The molecule has 8 rings (SSSR count). The minimum absolute atomic E-state index is 0.112. The molecule has 17 heteroatoms. The number of thiophene rings is 1. The average Bonchev–Trinajstić information content (AvgIpc) is 3.79. The number of carbonyl (C=O) groups excluding carboxylic acids is 4. The highest BCUT2D eigenvalue weighted by Gasteiger charge is 2.45. The molecule has 0 bridgehead atoms. The van der Waals surface area contributed by atoms with Gasteiger partial charge in [0.15, 0.2) is 0 Å². The first-order chi connectivity index (χ1) is 27.7. The van der Waals surface area contributed by atoms with Crippen molar-refractivity contribution in [1.82, 2.24) is 29.9 Å². The maximum Gasteiger partial charge on any atom is 0.280 e. The van der Waals surface area contributed by atoms with E-state index in [4.69, 9.17) is 9.47 Å². The third-order valence-electron chi connectivity index (χ3n) is 11.7. The maximum absolute atomic E-state index is 14.8. The van der Waals surface area contributed by atoms with E-state index in [1.165, 1.54) is 15.5 Å². The third kappa shape index (κ3) is 7.30. The van der Waals surface area contributed by atoms with E-state index in [0.717, 1.165) is 54.3 Å². The van der Waals surface area contributed by atoms with Gasteiger partial charge in [-0.15, -0.1) is 11.3 Å². The molecule has 2 unspecified atom stereocenters. The van der Waals surface area contributed by atoms with Crippen LogP contribution in [0, 0.1) is 0 Å². The summed E-state index contributed by atoms with van der Waals surface area (Å²) in [5, 5.41) is 5.19. The average molecular weight is 818 g/mol. The number of rotatable bonds is 9. The van der Waals surface area contributed by atoms with Crippen molar-refractivity contribution in [2.45, 2.75) is 50.4 Å². The monoisotopic (exact) mass is 817 g/mol. The SMILES string of the molecule is COc1cc(-c2cn(C)c(=O)c3cc(C(=O)NC4CCN(C)CC4(F)F)sc23)cc(OC)c1CN1CCN(c2ccc3c(c2)CN(C2CCC(=O)NC2=O)C3=O)CC1. The molecular formula is C41H45F2N7O7S. The zero-order chi connectivity index (χ0) is 41.0. The van der Waals surface area contributed by atoms with E-state index < -0.39 is 36.4 Å². The number of fused-ring (bicyclic) bond motifs is 2. The molecule has 4 aliphatic heterocycles. The predicted molar refractivity (Wildman–Crippen MR) is 214 cm³/mol. The number of carbonyl (C=O) groups is 4. The largest absolute Gasteiger partial charge is 0.496 e. The van der Waals surface area contributed by atoms with Gasteiger partial charge in [0.2, 0.25) is 11.8 Å². The number of aryl methyl sites for hydroxylation is 1. The van der Waals surface area contributed by atoms with Crippen LogP contribution in [0.3, 0.4) is 0 Å². The molecule has 4 aromatic rings. The quantitative estimate of drug-likeness (QED) is 0.241. The van der Waals surface area contributed by atoms with Crippen LogP contribution in [0.1, 0.15) is 50.4 Å². The Hall–Kier alpha value is -5.39. The van der Waals surface area contributed by atoms with Gasteiger partial charge in [-0.05, 0) is 67.4 Å². The number of benzene rings is 2. The van der Waals surface area contributed by atoms with Gasteiger partial charge in [-0.25, -0.2) is 8.78 Å². The number of aromatic nitrogens is 1. The van der Waals surface area contributed by atoms with Crippen LogP contribution in [0.2, 0.25) is 0 Å². The fourth-order valence-electron chi connectivity index (χ4n) is 8.53. The normalized spacial score (nSPS) is 21.3. The molecule has 0 saturated carbocycles. The number of anilines is 1. The van der Waals surface area contributed by atoms with Crippen LogP contribution in [0.4, 0.5) is 14.5 Å². The molecule has 306 valence electrons. The lowest BCUT2D eigenvalue weighted by Crippen LogP contribution is -2.57. The van der Waals surface area contributed by atoms with Crippen molar-refractivity contribution in [3.63, 3.8) is 0 Å². The highest BCUT2D eigenvalue weighted by molar-refractivity contribution is 7.21. The minimum Gasteiger partial charge on any atom is -0.496 e. The van der Waals surface area contributed by atoms with Gasteiger partial charge in [-0.1, -0.05) is 0 Å². The number of nitrogens with zero attached hydrogens (tertiary/aromatic N) is 5. The van der Waals surface area contributed by atoms with Crippen LogP contribution in [0.15, 0.2) is 47.4 Å². The summed E-state index contributed by atoms with van der Waals surface area (Å²) in [7, 11) is 6.42. The number of hydrogen-bond acceptors (Lipinski definition) is 11. The number of hydrogen-bond donors (Lipinski definition) is 2. The van der Waals surface area contributed by atoms with Gasteiger partial charge in [0.25, 0.3) is 23.3 Å². The highest BCUT2D eigenvalue weighted by atomic mass is 32.1. The number of likely N-dealkylation sites (tertiary alicyclic amines) is 1. The van der Waals surface area contributed by atoms with Crippen molar-refractivity contribution < 1.29 is 37.4 Å². The van der Waals surface area contributed by atoms with Crippen molar-refractivity contribution in [1.29, 1.82) is 0 Å². The molecule has 14 nitrogen and oxygen atoms in total. The number of ether oxygens (including phenoxy) is 2. The summed E-state index contributed by atoms with van der Waals surface area (Å²) in [5.74, 6) is -3.50. The molecule has 0 aliphatic carbocycles. The zero-order valence-corrected chi connectivity index (χ0v) is 33.5. The van der Waals surface area contributed by atoms with Gasteiger partial charge in [0.1, 0.15) is 17.5 Å². The van der Waals surface area contributed by atoms with Crippen molar-refractivity contribution in [2.24, 2.45) is 7.05 Å². The summed E-state index contributed by atoms with van der Waals surface area (Å²) in [6.45, 7) is 3.77. The van der Waals surface area contributed by atoms with E-state index in [2.05, 4.69) is 20.4 Å². The number of pyridine rings is 1. The minimum atomic E-state index is -3.08. The summed E-state index contributed by atoms with van der Waals surface area (Å²) < 4.78 is 43.4. The number of halogens is 2. The fourth-order valence-corrected chi connectivity index (χ4v) is 9.61. The first-order valence-electron chi connectivity index (χ1n) is 19.2. The molecule has 4 amide bonds. The molecule has 58 heavy (non-hydrogen) atoms. The summed E-state index contributed by atoms with van der Waals surface area (Å²) in [5.41, 5.74) is 4.33. The van der Waals surface area contributed by atoms with Crippen LogP contribution in [-0.2, 0) is 29.7 Å². The Bertz CT molecular complexity index is 2370. The van der Waals surface area contributed by atoms with Gasteiger partial charge in [-0.3, -0.25) is 34.2 Å². The van der Waals surface area contributed by atoms with Crippen LogP contribution in [-0.4, -0.2) is 121 Å². The Morgan fingerprint density at radius 1 is 0.948 bits per heavy atom. The predicted octanol–water partition coefficient (Wildman–Crippen LogP) is 3.44. The third-order valence-corrected chi connectivity index (χ3v) is 12.9. The Balaban J connectivity index is 0.979. The molecular weight excluding hydrogens is 773 g/mol. The zero-order valence-electron chi connectivity index (χ0n) is 32.7. The second-order valence-electron chi connectivity index (χ2n) is 15.5. The number of methoxy groups -OCH3 is 2. The summed E-state index contributed by atoms with van der Waals surface area (Å²) in [6, 6.07) is 9.07. The molecule has 2 aromatic carbocycles. The van der Waals surface area contributed by atoms with Crippen LogP contribution in [0.5, 0.6) is 11.5 Å². The Labute approximate surface area is 337 Å². The maximum atomic E-state index is 14.8. The Morgan fingerprint density at radius 3 is 2.34 bits per heavy atom. The first kappa shape index (κ1) is 39.4. The van der Waals surface area contributed by atoms with E-state index in [1.54, 1.807) is 39.4 Å². The molecule has 2 aromatic heterocycles. The second-order valence-corrected chi connectivity index (χ2v) is 16.5. The summed E-state index contributed by atoms with van der Waals surface area (Å²) >= 11 is 1.09. The van der Waals surface area contributed by atoms with Crippen LogP contribution >= 0.6 is 11.3 Å². The number of nitrogens with one attached hydrogen (secondary N) is 2. The van der Waals surface area contributed by atoms with Gasteiger partial charge >= 0.3 is 0 Å². The smallest absolute Gasteiger partial charge is 0.280 e. The van der Waals surface area contributed by atoms with Crippen molar-refractivity contribution in [2.75, 3.05) is 65.4 Å². The van der Waals surface area contributed by atoms with Gasteiger partial charge in [0.05, 0.1) is 42.6 Å². The molecule has 4 aliphatic rings. The lowest BCUT2D eigenvalue weighted by molar-refractivity contribution is -0.136. The van der Waals surface area contributed by atoms with E-state index in [9.17, 15) is 32.8 Å². The highest BCUT2D eigenvalue weighted by Crippen LogP contribution is 2.40. The lowest BCUT2D eigenvalue weighted by atomic mass is 10.0. The van der Waals surface area contributed by atoms with Gasteiger partial charge < -0.3 is 34.1 Å². The molecule has 2 atom stereocenters. The topological polar surface area (TPSA) is 146 Å². The molecule has 3 saturated heterocycles. The van der Waals surface area contributed by atoms with Crippen molar-refractivity contribution >= 4 is 50.7 Å². The van der Waals surface area contributed by atoms with E-state index in [1.807, 2.05) is 30.3 Å². The van der Waals surface area contributed by atoms with Crippen molar-refractivity contribution in [3.05, 3.63) is 74.5 Å². The summed E-state index contributed by atoms with van der Waals surface area (Å²) in [6.07, 6.45) is 2.33. The number of alkyl halides is 2. The first-order valence-corrected chi connectivity index (χ1v) is 20.1. The van der Waals surface area contributed by atoms with E-state index in [-0.39, 0.29) is 35.1 Å². The van der Waals surface area contributed by atoms with Crippen LogP contribution < -0.4 is 30.6 Å². The number of amides is 4. The number of piperidine rings is 2. The standard InChI is InChI=1S/C41H45F2N7O7S/c1-46-10-9-34(41(42,43)22-46)44-38(53)33-18-27-36(58-33)28(20-47(2)39(27)54)23-16-31(56-3)29(32(17-23)57-4)21-48-11-13-49(14-12-48)25-5-6-26-24(15-25)19-50(40(26)55)30-7-8-35(51)45-37(30)52/h5-6,15-18,20,30,34H,7-14,19,21-22H2,1-4H3,(H,44,53)(H,45,51,52). The van der Waals surface area contributed by atoms with Crippen LogP contribution in [0.25, 0.3) is 21.2 Å². The summed E-state index contributed by atoms with van der Waals surface area (Å²) in [4.78, 5) is 71.8. The van der Waals surface area contributed by atoms with E-state index in [0.29, 0.717) is 64.3 Å². The Kier molecular flexibility index (Phi) is 10.5. The second kappa shape index (κ2) is 15.4. The number of piperazine rings is 1. The lowest BCUT2D eigenvalue weighted by Gasteiger charge is -2.36. The molecule has 3 fully saturated rings. The van der Waals surface area contributed by atoms with Gasteiger partial charge in [-0.2, -0.15) is 0 Å². The molecule has 0 radical (unpaired) electrons. The fraction of sp³-hybridized carbons (Fsp3) is 0.439. The molecule has 2 N–H and O–H groups in total. The van der Waals surface area contributed by atoms with E-state index >= 15 is 0 Å². The Morgan fingerprint density at radius 2 is 1.67 bits per heavy atom. The van der Waals surface area contributed by atoms with Crippen molar-refractivity contribution in [3.8, 4) is 22.6 Å².